The highest BCUT2D eigenvalue weighted by Crippen LogP contribution is 2.76. The lowest BCUT2D eigenvalue weighted by molar-refractivity contribution is -0.382. The molecule has 6 saturated heterocycles. The van der Waals surface area contributed by atoms with Gasteiger partial charge >= 0.3 is 17.9 Å². The highest BCUT2D eigenvalue weighted by atomic mass is 16.8. The number of esters is 3. The van der Waals surface area contributed by atoms with Crippen molar-refractivity contribution in [2.24, 2.45) is 50.2 Å². The van der Waals surface area contributed by atoms with Crippen LogP contribution < -0.4 is 0 Å². The molecule has 11 aliphatic rings. The molecule has 0 aromatic rings. The van der Waals surface area contributed by atoms with Crippen LogP contribution in [0, 0.1) is 50.2 Å². The molecule has 0 aromatic carbocycles. The number of fused-ring (bicyclic) bond motifs is 7. The van der Waals surface area contributed by atoms with Crippen LogP contribution in [-0.2, 0) is 85.5 Å². The molecular formula is C67H104O32. The number of aldehydes is 1. The number of carbonyl (C=O) groups excluding carboxylic acids is 4. The molecule has 0 amide bonds. The second-order valence-electron chi connectivity index (χ2n) is 31.4. The molecule has 0 bridgehead atoms. The van der Waals surface area contributed by atoms with Gasteiger partial charge in [0.25, 0.3) is 0 Å². The lowest BCUT2D eigenvalue weighted by Crippen LogP contribution is -2.68. The average Bonchev–Trinajstić information content (AvgIpc) is 1.21. The molecule has 564 valence electrons. The van der Waals surface area contributed by atoms with Crippen LogP contribution >= 0.6 is 0 Å². The lowest BCUT2D eigenvalue weighted by Gasteiger charge is -2.71. The Bertz CT molecular complexity index is 2900. The standard InChI is InChI=1S/C67H104O32/c1-26-48(94-55-44(80)37(73)31(72)24-87-55)43(79)47(83)56(88-26)98-53-52(97-57-45(81)39(75)33(23-69)92-57)49(90-28(3)71)27(2)89-60(53)99-61(85)67-19-17-62(4,5)21-30(67)29-11-12-35-63(6)15-14-36(64(7,25-70)34(63)13-16-66(35,9)65(29,8)18-20-67)93-59-51(42(78)41(77)50(95-59)54(84)86-10)96-58-46(82)40(76)38(74)32(22-68)91-58/h11,25-27,30-53,55-60,68-69,72-83H,12-24H2,1-10H3/t26-,27+,30+,31+,32+,33-,34+,35+,36-,37-,38-,39-,40-,41-,42-,43-,44+,45+,46+,47+,48-,49-,50-,51+,52-,53+,55-,56-,57-,58-,59+,60-,63-,64-,65+,66+,67-/m0/s1. The van der Waals surface area contributed by atoms with Gasteiger partial charge in [-0.05, 0) is 117 Å². The molecule has 10 fully saturated rings. The van der Waals surface area contributed by atoms with Crippen molar-refractivity contribution in [1.82, 2.24) is 0 Å². The van der Waals surface area contributed by atoms with E-state index in [4.69, 9.17) is 66.3 Å². The van der Waals surface area contributed by atoms with Gasteiger partial charge in [-0.25, -0.2) is 4.79 Å². The molecule has 6 heterocycles. The zero-order valence-corrected chi connectivity index (χ0v) is 57.4. The Morgan fingerprint density at radius 1 is 0.545 bits per heavy atom. The number of hydrogen-bond donors (Lipinski definition) is 14. The molecule has 11 rings (SSSR count). The van der Waals surface area contributed by atoms with E-state index in [0.717, 1.165) is 25.9 Å². The van der Waals surface area contributed by atoms with Crippen molar-refractivity contribution in [3.63, 3.8) is 0 Å². The van der Waals surface area contributed by atoms with Crippen molar-refractivity contribution in [2.75, 3.05) is 26.9 Å². The largest absolute Gasteiger partial charge is 0.467 e. The van der Waals surface area contributed by atoms with Gasteiger partial charge < -0.3 is 143 Å². The molecule has 0 aromatic heterocycles. The Morgan fingerprint density at radius 3 is 1.74 bits per heavy atom. The van der Waals surface area contributed by atoms with Gasteiger partial charge in [-0.15, -0.1) is 0 Å². The second-order valence-corrected chi connectivity index (χ2v) is 31.4. The summed E-state index contributed by atoms with van der Waals surface area (Å²) < 4.78 is 84.5. The van der Waals surface area contributed by atoms with Crippen LogP contribution in [-0.4, -0.2) is 301 Å². The van der Waals surface area contributed by atoms with Gasteiger partial charge in [0.1, 0.15) is 110 Å². The zero-order valence-electron chi connectivity index (χ0n) is 57.4. The Balaban J connectivity index is 0.879. The Hall–Kier alpha value is -3.18. The van der Waals surface area contributed by atoms with E-state index in [1.165, 1.54) is 13.8 Å². The van der Waals surface area contributed by atoms with Gasteiger partial charge in [-0.2, -0.15) is 0 Å². The van der Waals surface area contributed by atoms with E-state index in [-0.39, 0.29) is 23.7 Å². The SMILES string of the molecule is COC(=O)[C@H]1O[C@@H](O[C@H]2CC[C@]3(C)[C@H]4CC=C5[C@H]6CC(C)(C)CC[C@]6(C(=O)O[C@@H]6O[C@H](C)[C@H](OC(C)=O)[C@H](O[C@@H]7O[C@@H](CO)[C@H](O)[C@H]7O)[C@H]6O[C@@H]6O[C@@H](C)[C@H](O[C@@H]7OC[C@@H](O)[C@H](O)[C@H]7O)[C@@H](O)[C@H]6O)CC[C@@]5(C)[C@]4(C)CC[C@H]3[C@]2(C)C=O)[C@H](O[C@@H]2O[C@H](CO)[C@H](O)[C@H](O)[C@H]2O)[C@@H](O)[C@@H]1O. The Labute approximate surface area is 572 Å². The molecule has 0 radical (unpaired) electrons. The van der Waals surface area contributed by atoms with Crippen molar-refractivity contribution < 1.29 is 157 Å². The van der Waals surface area contributed by atoms with Crippen molar-refractivity contribution in [3.8, 4) is 0 Å². The number of carbonyl (C=O) groups is 4. The van der Waals surface area contributed by atoms with E-state index in [2.05, 4.69) is 40.7 Å². The number of hydrogen-bond acceptors (Lipinski definition) is 32. The predicted octanol–water partition coefficient (Wildman–Crippen LogP) is -3.12. The van der Waals surface area contributed by atoms with Crippen molar-refractivity contribution in [2.45, 2.75) is 305 Å². The van der Waals surface area contributed by atoms with Crippen molar-refractivity contribution in [3.05, 3.63) is 11.6 Å². The lowest BCUT2D eigenvalue weighted by atomic mass is 9.33. The fraction of sp³-hybridized carbons (Fsp3) is 0.910. The van der Waals surface area contributed by atoms with E-state index in [1.54, 1.807) is 6.92 Å². The van der Waals surface area contributed by atoms with Crippen LogP contribution in [0.2, 0.25) is 0 Å². The molecule has 0 unspecified atom stereocenters. The first kappa shape index (κ1) is 76.9. The number of aliphatic hydroxyl groups is 14. The quantitative estimate of drug-likeness (QED) is 0.0225. The first-order valence-electron chi connectivity index (χ1n) is 34.7. The van der Waals surface area contributed by atoms with E-state index >= 15 is 4.79 Å². The fourth-order valence-corrected chi connectivity index (χ4v) is 19.2. The van der Waals surface area contributed by atoms with Crippen molar-refractivity contribution in [1.29, 1.82) is 0 Å². The van der Waals surface area contributed by atoms with Crippen LogP contribution in [0.1, 0.15) is 127 Å². The highest BCUT2D eigenvalue weighted by molar-refractivity contribution is 5.79. The normalized spacial score (nSPS) is 52.7. The maximum atomic E-state index is 16.1. The Morgan fingerprint density at radius 2 is 1.10 bits per heavy atom. The smallest absolute Gasteiger partial charge is 0.337 e. The first-order chi connectivity index (χ1) is 46.5. The molecule has 0 spiro atoms. The van der Waals surface area contributed by atoms with Gasteiger partial charge in [-0.1, -0.05) is 53.2 Å². The van der Waals surface area contributed by atoms with Gasteiger partial charge in [-0.3, -0.25) is 9.59 Å². The third kappa shape index (κ3) is 13.3. The summed E-state index contributed by atoms with van der Waals surface area (Å²) in [6.07, 6.45) is -40.7. The molecule has 6 aliphatic heterocycles. The number of methoxy groups -OCH3 is 1. The van der Waals surface area contributed by atoms with E-state index in [9.17, 15) is 85.9 Å². The van der Waals surface area contributed by atoms with Crippen LogP contribution in [0.3, 0.4) is 0 Å². The van der Waals surface area contributed by atoms with Crippen LogP contribution in [0.4, 0.5) is 0 Å². The van der Waals surface area contributed by atoms with E-state index in [0.29, 0.717) is 57.8 Å². The minimum atomic E-state index is -2.02. The van der Waals surface area contributed by atoms with Gasteiger partial charge in [0.05, 0.1) is 56.1 Å². The molecule has 4 saturated carbocycles. The minimum absolute atomic E-state index is 0.0644. The summed E-state index contributed by atoms with van der Waals surface area (Å²) in [5.41, 5.74) is -3.29. The summed E-state index contributed by atoms with van der Waals surface area (Å²) in [5.74, 6) is -3.42. The maximum Gasteiger partial charge on any atom is 0.337 e. The third-order valence-electron chi connectivity index (χ3n) is 25.2. The zero-order chi connectivity index (χ0) is 72.3. The monoisotopic (exact) mass is 1420 g/mol. The molecule has 5 aliphatic carbocycles. The summed E-state index contributed by atoms with van der Waals surface area (Å²) in [4.78, 5) is 56.2. The number of ether oxygens (including phenoxy) is 14. The second kappa shape index (κ2) is 28.9. The molecule has 32 heteroatoms. The molecule has 99 heavy (non-hydrogen) atoms. The Kier molecular flexibility index (Phi) is 22.5. The highest BCUT2D eigenvalue weighted by Gasteiger charge is 2.71. The van der Waals surface area contributed by atoms with Gasteiger partial charge in [0.2, 0.25) is 6.29 Å². The van der Waals surface area contributed by atoms with Gasteiger partial charge in [0, 0.05) is 6.92 Å². The van der Waals surface area contributed by atoms with Gasteiger partial charge in [0.15, 0.2) is 49.8 Å². The average molecular weight is 1420 g/mol. The van der Waals surface area contributed by atoms with Crippen LogP contribution in [0.25, 0.3) is 0 Å². The molecular weight excluding hydrogens is 1320 g/mol. The minimum Gasteiger partial charge on any atom is -0.467 e. The predicted molar refractivity (Wildman–Crippen MR) is 328 cm³/mol. The summed E-state index contributed by atoms with van der Waals surface area (Å²) in [5, 5.41) is 152. The molecule has 37 atom stereocenters. The summed E-state index contributed by atoms with van der Waals surface area (Å²) in [7, 11) is 1.05. The fourth-order valence-electron chi connectivity index (χ4n) is 19.2. The number of aliphatic hydroxyl groups excluding tert-OH is 14. The first-order valence-corrected chi connectivity index (χ1v) is 34.7. The third-order valence-corrected chi connectivity index (χ3v) is 25.2. The number of allylic oxidation sites excluding steroid dienone is 2. The summed E-state index contributed by atoms with van der Waals surface area (Å²) in [6.45, 7) is 14.9. The van der Waals surface area contributed by atoms with Crippen LogP contribution in [0.5, 0.6) is 0 Å². The van der Waals surface area contributed by atoms with Crippen molar-refractivity contribution >= 4 is 24.2 Å². The topological polar surface area (TPSA) is 481 Å². The van der Waals surface area contributed by atoms with Crippen LogP contribution in [0.15, 0.2) is 11.6 Å². The van der Waals surface area contributed by atoms with E-state index < -0.39 is 249 Å². The summed E-state index contributed by atoms with van der Waals surface area (Å²) >= 11 is 0. The van der Waals surface area contributed by atoms with E-state index in [1.807, 2.05) is 0 Å². The molecule has 14 N–H and O–H groups in total. The number of rotatable bonds is 17. The maximum absolute atomic E-state index is 16.1. The summed E-state index contributed by atoms with van der Waals surface area (Å²) in [6, 6.07) is 0. The molecule has 32 nitrogen and oxygen atoms in total.